The molecule has 0 aromatic carbocycles. The van der Waals surface area contributed by atoms with Crippen LogP contribution in [-0.2, 0) is 28.6 Å². The minimum absolute atomic E-state index is 0. The number of aliphatic carboxylic acids is 1. The normalized spacial score (nSPS) is 11.8. The predicted octanol–water partition coefficient (Wildman–Crippen LogP) is -0.638. The number of aromatic amines is 1. The summed E-state index contributed by atoms with van der Waals surface area (Å²) in [5.41, 5.74) is 6.00. The third-order valence-corrected chi connectivity index (χ3v) is 1.31. The number of rotatable bonds is 3. The van der Waals surface area contributed by atoms with Gasteiger partial charge in [-0.2, -0.15) is 0 Å². The number of nitrogens with zero attached hydrogens (tertiary/aromatic N) is 1. The van der Waals surface area contributed by atoms with E-state index in [1.165, 1.54) is 6.33 Å². The molecule has 0 bridgehead atoms. The number of carboxylic acids is 1. The van der Waals surface area contributed by atoms with Crippen LogP contribution in [0.4, 0.5) is 0 Å². The molecule has 0 saturated carbocycles. The first-order chi connectivity index (χ1) is 5.20. The van der Waals surface area contributed by atoms with Crippen molar-refractivity contribution >= 4 is 5.97 Å². The van der Waals surface area contributed by atoms with Crippen LogP contribution in [0.1, 0.15) is 5.69 Å². The molecule has 0 spiro atoms. The van der Waals surface area contributed by atoms with Gasteiger partial charge in [-0.05, 0) is 0 Å². The van der Waals surface area contributed by atoms with Gasteiger partial charge in [0.15, 0.2) is 0 Å². The van der Waals surface area contributed by atoms with Crippen molar-refractivity contribution in [1.29, 1.82) is 0 Å². The van der Waals surface area contributed by atoms with Gasteiger partial charge in [0.25, 0.3) is 0 Å². The Morgan fingerprint density at radius 1 is 1.83 bits per heavy atom. The molecule has 0 saturated heterocycles. The average Bonchev–Trinajstić information content (AvgIpc) is 2.39. The topological polar surface area (TPSA) is 92.0 Å². The summed E-state index contributed by atoms with van der Waals surface area (Å²) in [5.74, 6) is -1.00. The maximum absolute atomic E-state index is 10.3. The largest absolute Gasteiger partial charge is 0.480 e. The van der Waals surface area contributed by atoms with Crippen LogP contribution in [0.3, 0.4) is 0 Å². The summed E-state index contributed by atoms with van der Waals surface area (Å²) in [6.45, 7) is 0. The van der Waals surface area contributed by atoms with E-state index in [4.69, 9.17) is 10.8 Å². The number of imidazole rings is 1. The van der Waals surface area contributed by atoms with Gasteiger partial charge in [0.2, 0.25) is 0 Å². The van der Waals surface area contributed by atoms with E-state index in [1.54, 1.807) is 6.20 Å². The van der Waals surface area contributed by atoms with Crippen LogP contribution in [0.2, 0.25) is 0 Å². The first-order valence-corrected chi connectivity index (χ1v) is 3.16. The summed E-state index contributed by atoms with van der Waals surface area (Å²) >= 11 is 0. The van der Waals surface area contributed by atoms with Gasteiger partial charge in [-0.1, -0.05) is 0 Å². The standard InChI is InChI=1S/C6H9N3O2.Cr/c7-5(6(10)11)1-4-2-8-3-9-4;/h2-3,5H,1,7H2,(H,8,9)(H,10,11);. The zero-order valence-corrected chi connectivity index (χ0v) is 7.50. The first-order valence-electron chi connectivity index (χ1n) is 3.16. The minimum Gasteiger partial charge on any atom is -0.480 e. The summed E-state index contributed by atoms with van der Waals surface area (Å²) in [4.78, 5) is 16.8. The Kier molecular flexibility index (Phi) is 4.59. The molecule has 0 amide bonds. The summed E-state index contributed by atoms with van der Waals surface area (Å²) in [7, 11) is 0. The third kappa shape index (κ3) is 3.05. The fraction of sp³-hybridized carbons (Fsp3) is 0.333. The van der Waals surface area contributed by atoms with Crippen molar-refractivity contribution in [3.63, 3.8) is 0 Å². The summed E-state index contributed by atoms with van der Waals surface area (Å²) in [6.07, 6.45) is 3.34. The Morgan fingerprint density at radius 2 is 2.50 bits per heavy atom. The van der Waals surface area contributed by atoms with Gasteiger partial charge in [0.1, 0.15) is 6.04 Å². The quantitative estimate of drug-likeness (QED) is 0.614. The van der Waals surface area contributed by atoms with E-state index in [9.17, 15) is 4.79 Å². The van der Waals surface area contributed by atoms with E-state index < -0.39 is 12.0 Å². The molecule has 1 heterocycles. The number of nitrogens with one attached hydrogen (secondary N) is 1. The Balaban J connectivity index is 0.00000121. The second-order valence-electron chi connectivity index (χ2n) is 2.23. The van der Waals surface area contributed by atoms with E-state index >= 15 is 0 Å². The van der Waals surface area contributed by atoms with E-state index in [0.717, 1.165) is 5.69 Å². The molecule has 4 N–H and O–H groups in total. The number of carboxylic acid groups (broad SMARTS) is 1. The zero-order valence-electron chi connectivity index (χ0n) is 6.23. The van der Waals surface area contributed by atoms with Gasteiger partial charge in [0, 0.05) is 35.7 Å². The molecule has 5 nitrogen and oxygen atoms in total. The van der Waals surface area contributed by atoms with Crippen LogP contribution in [0.5, 0.6) is 0 Å². The third-order valence-electron chi connectivity index (χ3n) is 1.31. The molecule has 0 aliphatic rings. The SMILES string of the molecule is NC(Cc1cnc[nH]1)C(=O)O.[Cr]. The molecule has 0 fully saturated rings. The van der Waals surface area contributed by atoms with Crippen LogP contribution in [0.15, 0.2) is 12.5 Å². The van der Waals surface area contributed by atoms with Gasteiger partial charge in [-0.25, -0.2) is 4.98 Å². The monoisotopic (exact) mass is 207 g/mol. The number of hydrogen-bond donors (Lipinski definition) is 3. The van der Waals surface area contributed by atoms with E-state index in [1.807, 2.05) is 0 Å². The maximum Gasteiger partial charge on any atom is 0.320 e. The summed E-state index contributed by atoms with van der Waals surface area (Å²) in [5, 5.41) is 8.42. The molecule has 1 rings (SSSR count). The van der Waals surface area contributed by atoms with Crippen molar-refractivity contribution in [3.8, 4) is 0 Å². The molecule has 0 aliphatic carbocycles. The molecular weight excluding hydrogens is 198 g/mol. The van der Waals surface area contributed by atoms with Crippen LogP contribution in [0, 0.1) is 0 Å². The molecule has 6 heteroatoms. The van der Waals surface area contributed by atoms with E-state index in [2.05, 4.69) is 9.97 Å². The molecule has 1 aromatic rings. The van der Waals surface area contributed by atoms with Gasteiger partial charge in [-0.3, -0.25) is 4.79 Å². The zero-order chi connectivity index (χ0) is 8.27. The van der Waals surface area contributed by atoms with Crippen molar-refractivity contribution < 1.29 is 27.3 Å². The number of nitrogens with two attached hydrogens (primary N) is 1. The van der Waals surface area contributed by atoms with Crippen LogP contribution < -0.4 is 5.73 Å². The van der Waals surface area contributed by atoms with Gasteiger partial charge < -0.3 is 15.8 Å². The second-order valence-corrected chi connectivity index (χ2v) is 2.23. The van der Waals surface area contributed by atoms with Crippen LogP contribution in [0.25, 0.3) is 0 Å². The van der Waals surface area contributed by atoms with Gasteiger partial charge in [-0.15, -0.1) is 0 Å². The Bertz CT molecular complexity index is 237. The number of H-pyrrole nitrogens is 1. The molecule has 66 valence electrons. The summed E-state index contributed by atoms with van der Waals surface area (Å²) < 4.78 is 0. The molecular formula is C6H9CrN3O2. The predicted molar refractivity (Wildman–Crippen MR) is 37.9 cm³/mol. The molecule has 1 aromatic heterocycles. The van der Waals surface area contributed by atoms with Gasteiger partial charge in [0.05, 0.1) is 6.33 Å². The van der Waals surface area contributed by atoms with Gasteiger partial charge >= 0.3 is 5.97 Å². The van der Waals surface area contributed by atoms with E-state index in [-0.39, 0.29) is 23.8 Å². The fourth-order valence-electron chi connectivity index (χ4n) is 0.721. The van der Waals surface area contributed by atoms with Crippen molar-refractivity contribution in [2.24, 2.45) is 5.73 Å². The van der Waals surface area contributed by atoms with Crippen molar-refractivity contribution in [2.75, 3.05) is 0 Å². The Morgan fingerprint density at radius 3 is 2.92 bits per heavy atom. The number of carbonyl (C=O) groups is 1. The molecule has 0 radical (unpaired) electrons. The molecule has 1 atom stereocenters. The molecule has 1 unspecified atom stereocenters. The van der Waals surface area contributed by atoms with Crippen molar-refractivity contribution in [3.05, 3.63) is 18.2 Å². The van der Waals surface area contributed by atoms with Crippen LogP contribution >= 0.6 is 0 Å². The minimum atomic E-state index is -1.00. The Labute approximate surface area is 80.1 Å². The second kappa shape index (κ2) is 4.93. The first kappa shape index (κ1) is 11.2. The van der Waals surface area contributed by atoms with E-state index in [0.29, 0.717) is 0 Å². The number of hydrogen-bond acceptors (Lipinski definition) is 3. The van der Waals surface area contributed by atoms with Crippen LogP contribution in [-0.4, -0.2) is 27.1 Å². The van der Waals surface area contributed by atoms with Crippen molar-refractivity contribution in [1.82, 2.24) is 9.97 Å². The Hall–Kier alpha value is -0.828. The summed E-state index contributed by atoms with van der Waals surface area (Å²) in [6, 6.07) is -0.851. The molecule has 12 heavy (non-hydrogen) atoms. The smallest absolute Gasteiger partial charge is 0.320 e. The fourth-order valence-corrected chi connectivity index (χ4v) is 0.721. The number of aromatic nitrogens is 2. The molecule has 0 aliphatic heterocycles. The maximum atomic E-state index is 10.3. The average molecular weight is 207 g/mol. The van der Waals surface area contributed by atoms with Crippen molar-refractivity contribution in [2.45, 2.75) is 12.5 Å².